The van der Waals surface area contributed by atoms with Crippen LogP contribution in [0.5, 0.6) is 0 Å². The molecule has 2 amide bonds. The maximum atomic E-state index is 12.5. The SMILES string of the molecule is Cc1cc(C)nc(Nc2nc(C(=O)N3CCN(C=O)CC3)cs2)n1. The molecule has 0 aliphatic carbocycles. The molecule has 126 valence electrons. The highest BCUT2D eigenvalue weighted by molar-refractivity contribution is 7.14. The second-order valence-corrected chi connectivity index (χ2v) is 6.43. The molecule has 1 fully saturated rings. The van der Waals surface area contributed by atoms with E-state index in [4.69, 9.17) is 0 Å². The molecular weight excluding hydrogens is 328 g/mol. The number of thiazole rings is 1. The smallest absolute Gasteiger partial charge is 0.273 e. The standard InChI is InChI=1S/C15H18N6O2S/c1-10-7-11(2)17-14(16-10)19-15-18-12(8-24-15)13(23)21-5-3-20(9-22)4-6-21/h7-9H,3-6H2,1-2H3,(H,16,17,18,19). The topological polar surface area (TPSA) is 91.3 Å². The lowest BCUT2D eigenvalue weighted by atomic mass is 10.3. The Hall–Kier alpha value is -2.55. The molecular formula is C15H18N6O2S. The van der Waals surface area contributed by atoms with Crippen LogP contribution in [0.3, 0.4) is 0 Å². The second kappa shape index (κ2) is 6.91. The van der Waals surface area contributed by atoms with E-state index in [9.17, 15) is 9.59 Å². The number of carbonyl (C=O) groups is 2. The Balaban J connectivity index is 1.66. The number of anilines is 2. The highest BCUT2D eigenvalue weighted by Gasteiger charge is 2.23. The molecule has 0 aromatic carbocycles. The molecule has 8 nitrogen and oxygen atoms in total. The number of nitrogens with one attached hydrogen (secondary N) is 1. The summed E-state index contributed by atoms with van der Waals surface area (Å²) < 4.78 is 0. The largest absolute Gasteiger partial charge is 0.342 e. The van der Waals surface area contributed by atoms with Crippen LogP contribution in [0.25, 0.3) is 0 Å². The van der Waals surface area contributed by atoms with Gasteiger partial charge in [-0.15, -0.1) is 11.3 Å². The zero-order valence-corrected chi connectivity index (χ0v) is 14.3. The fraction of sp³-hybridized carbons (Fsp3) is 0.400. The predicted molar refractivity (Wildman–Crippen MR) is 90.4 cm³/mol. The van der Waals surface area contributed by atoms with Crippen molar-refractivity contribution in [2.24, 2.45) is 0 Å². The van der Waals surface area contributed by atoms with Gasteiger partial charge in [0.25, 0.3) is 5.91 Å². The molecule has 2 aromatic heterocycles. The number of nitrogens with zero attached hydrogens (tertiary/aromatic N) is 5. The van der Waals surface area contributed by atoms with Crippen LogP contribution in [0.1, 0.15) is 21.9 Å². The normalized spacial score (nSPS) is 14.6. The highest BCUT2D eigenvalue weighted by Crippen LogP contribution is 2.20. The van der Waals surface area contributed by atoms with Crippen LogP contribution in [-0.4, -0.2) is 63.2 Å². The van der Waals surface area contributed by atoms with Crippen molar-refractivity contribution in [3.63, 3.8) is 0 Å². The summed E-state index contributed by atoms with van der Waals surface area (Å²) in [7, 11) is 0. The second-order valence-electron chi connectivity index (χ2n) is 5.57. The Kier molecular flexibility index (Phi) is 4.70. The van der Waals surface area contributed by atoms with Gasteiger partial charge in [-0.2, -0.15) is 0 Å². The van der Waals surface area contributed by atoms with E-state index in [1.165, 1.54) is 11.3 Å². The van der Waals surface area contributed by atoms with Gasteiger partial charge in [0.05, 0.1) is 0 Å². The average Bonchev–Trinajstić information content (AvgIpc) is 3.01. The van der Waals surface area contributed by atoms with Gasteiger partial charge in [-0.3, -0.25) is 9.59 Å². The first-order chi connectivity index (χ1) is 11.5. The van der Waals surface area contributed by atoms with Gasteiger partial charge in [-0.05, 0) is 19.9 Å². The molecule has 3 rings (SSSR count). The lowest BCUT2D eigenvalue weighted by Gasteiger charge is -2.32. The van der Waals surface area contributed by atoms with E-state index in [0.29, 0.717) is 43.0 Å². The molecule has 1 N–H and O–H groups in total. The molecule has 0 radical (unpaired) electrons. The molecule has 1 saturated heterocycles. The first kappa shape index (κ1) is 16.3. The molecule has 2 aromatic rings. The zero-order chi connectivity index (χ0) is 17.1. The minimum absolute atomic E-state index is 0.119. The summed E-state index contributed by atoms with van der Waals surface area (Å²) in [6, 6.07) is 1.89. The molecule has 0 saturated carbocycles. The monoisotopic (exact) mass is 346 g/mol. The van der Waals surface area contributed by atoms with Crippen LogP contribution >= 0.6 is 11.3 Å². The van der Waals surface area contributed by atoms with Crippen LogP contribution in [0.15, 0.2) is 11.4 Å². The van der Waals surface area contributed by atoms with E-state index < -0.39 is 0 Å². The molecule has 0 spiro atoms. The summed E-state index contributed by atoms with van der Waals surface area (Å²) in [5, 5.41) is 5.34. The van der Waals surface area contributed by atoms with Gasteiger partial charge in [0.2, 0.25) is 12.4 Å². The first-order valence-corrected chi connectivity index (χ1v) is 8.46. The number of rotatable bonds is 4. The van der Waals surface area contributed by atoms with Gasteiger partial charge in [0.15, 0.2) is 5.13 Å². The molecule has 3 heterocycles. The van der Waals surface area contributed by atoms with Crippen LogP contribution in [0, 0.1) is 13.8 Å². The number of amides is 2. The van der Waals surface area contributed by atoms with Crippen LogP contribution < -0.4 is 5.32 Å². The Morgan fingerprint density at radius 2 is 1.83 bits per heavy atom. The Labute approximate surface area is 143 Å². The fourth-order valence-corrected chi connectivity index (χ4v) is 3.18. The van der Waals surface area contributed by atoms with Gasteiger partial charge in [-0.25, -0.2) is 15.0 Å². The van der Waals surface area contributed by atoms with Crippen molar-refractivity contribution >= 4 is 34.7 Å². The lowest BCUT2D eigenvalue weighted by Crippen LogP contribution is -2.48. The maximum absolute atomic E-state index is 12.5. The van der Waals surface area contributed by atoms with E-state index in [2.05, 4.69) is 20.3 Å². The Morgan fingerprint density at radius 3 is 2.46 bits per heavy atom. The third-order valence-electron chi connectivity index (χ3n) is 3.67. The first-order valence-electron chi connectivity index (χ1n) is 7.58. The molecule has 0 unspecified atom stereocenters. The maximum Gasteiger partial charge on any atom is 0.273 e. The Bertz CT molecular complexity index is 734. The van der Waals surface area contributed by atoms with Crippen molar-refractivity contribution < 1.29 is 9.59 Å². The van der Waals surface area contributed by atoms with Crippen LogP contribution in [-0.2, 0) is 4.79 Å². The average molecular weight is 346 g/mol. The predicted octanol–water partition coefficient (Wildman–Crippen LogP) is 1.21. The van der Waals surface area contributed by atoms with E-state index >= 15 is 0 Å². The van der Waals surface area contributed by atoms with Gasteiger partial charge in [0, 0.05) is 42.9 Å². The molecule has 9 heteroatoms. The molecule has 1 aliphatic heterocycles. The number of carbonyl (C=O) groups excluding carboxylic acids is 2. The molecule has 0 bridgehead atoms. The summed E-state index contributed by atoms with van der Waals surface area (Å²) in [4.78, 5) is 39.5. The number of aromatic nitrogens is 3. The number of aryl methyl sites for hydroxylation is 2. The molecule has 0 atom stereocenters. The number of piperazine rings is 1. The quantitative estimate of drug-likeness (QED) is 0.837. The summed E-state index contributed by atoms with van der Waals surface area (Å²) in [5.41, 5.74) is 2.13. The number of hydrogen-bond acceptors (Lipinski definition) is 7. The van der Waals surface area contributed by atoms with Crippen molar-refractivity contribution in [2.45, 2.75) is 13.8 Å². The van der Waals surface area contributed by atoms with Gasteiger partial charge in [-0.1, -0.05) is 0 Å². The third kappa shape index (κ3) is 3.67. The summed E-state index contributed by atoms with van der Waals surface area (Å²) >= 11 is 1.34. The van der Waals surface area contributed by atoms with Crippen molar-refractivity contribution in [3.8, 4) is 0 Å². The zero-order valence-electron chi connectivity index (χ0n) is 13.5. The van der Waals surface area contributed by atoms with E-state index in [1.807, 2.05) is 19.9 Å². The van der Waals surface area contributed by atoms with Crippen molar-refractivity contribution in [1.82, 2.24) is 24.8 Å². The van der Waals surface area contributed by atoms with Crippen molar-refractivity contribution in [3.05, 3.63) is 28.5 Å². The highest BCUT2D eigenvalue weighted by atomic mass is 32.1. The van der Waals surface area contributed by atoms with Crippen LogP contribution in [0.4, 0.5) is 11.1 Å². The lowest BCUT2D eigenvalue weighted by molar-refractivity contribution is -0.119. The summed E-state index contributed by atoms with van der Waals surface area (Å²) in [6.07, 6.45) is 0.816. The Morgan fingerprint density at radius 1 is 1.17 bits per heavy atom. The number of hydrogen-bond donors (Lipinski definition) is 1. The van der Waals surface area contributed by atoms with Gasteiger partial charge in [0.1, 0.15) is 5.69 Å². The minimum atomic E-state index is -0.119. The fourth-order valence-electron chi connectivity index (χ4n) is 2.50. The van der Waals surface area contributed by atoms with E-state index in [-0.39, 0.29) is 5.91 Å². The minimum Gasteiger partial charge on any atom is -0.342 e. The summed E-state index contributed by atoms with van der Waals surface area (Å²) in [6.45, 7) is 5.96. The van der Waals surface area contributed by atoms with Gasteiger partial charge < -0.3 is 15.1 Å². The molecule has 24 heavy (non-hydrogen) atoms. The summed E-state index contributed by atoms with van der Waals surface area (Å²) in [5.74, 6) is 0.353. The van der Waals surface area contributed by atoms with Crippen LogP contribution in [0.2, 0.25) is 0 Å². The molecule has 1 aliphatic rings. The van der Waals surface area contributed by atoms with Gasteiger partial charge >= 0.3 is 0 Å². The third-order valence-corrected chi connectivity index (χ3v) is 4.43. The van der Waals surface area contributed by atoms with E-state index in [0.717, 1.165) is 17.8 Å². The van der Waals surface area contributed by atoms with Crippen molar-refractivity contribution in [1.29, 1.82) is 0 Å². The van der Waals surface area contributed by atoms with E-state index in [1.54, 1.807) is 15.2 Å². The van der Waals surface area contributed by atoms with Crippen molar-refractivity contribution in [2.75, 3.05) is 31.5 Å².